The minimum Gasteiger partial charge on any atom is -0.406 e. The topological polar surface area (TPSA) is 72.2 Å². The largest absolute Gasteiger partial charge is 0.406 e. The Morgan fingerprint density at radius 3 is 2.95 bits per heavy atom. The third-order valence-corrected chi connectivity index (χ3v) is 3.59. The summed E-state index contributed by atoms with van der Waals surface area (Å²) in [5.41, 5.74) is 0. The van der Waals surface area contributed by atoms with Gasteiger partial charge in [0.1, 0.15) is 0 Å². The summed E-state index contributed by atoms with van der Waals surface area (Å²) in [4.78, 5) is 0. The van der Waals surface area contributed by atoms with Crippen molar-refractivity contribution in [1.29, 1.82) is 0 Å². The number of hydrogen-bond acceptors (Lipinski definition) is 6. The standard InChI is InChI=1S/C13H24N4O2/c1-4-11-10(6-7-18-11)8-15-13-17-16-12(19-13)9(3)14-5-2/h9-11,14H,4-8H2,1-3H3,(H,15,17). The van der Waals surface area contributed by atoms with E-state index in [1.54, 1.807) is 0 Å². The predicted molar refractivity (Wildman–Crippen MR) is 73.0 cm³/mol. The SMILES string of the molecule is CCNC(C)c1nnc(NCC2CCOC2CC)o1. The first-order valence-corrected chi connectivity index (χ1v) is 7.16. The maximum Gasteiger partial charge on any atom is 0.315 e. The average molecular weight is 268 g/mol. The Hall–Kier alpha value is -1.14. The second-order valence-electron chi connectivity index (χ2n) is 4.97. The molecule has 6 heteroatoms. The van der Waals surface area contributed by atoms with E-state index >= 15 is 0 Å². The zero-order valence-corrected chi connectivity index (χ0v) is 12.0. The summed E-state index contributed by atoms with van der Waals surface area (Å²) in [6.07, 6.45) is 2.51. The molecule has 108 valence electrons. The molecule has 0 spiro atoms. The van der Waals surface area contributed by atoms with Crippen molar-refractivity contribution in [3.8, 4) is 0 Å². The molecule has 19 heavy (non-hydrogen) atoms. The number of rotatable bonds is 7. The van der Waals surface area contributed by atoms with Gasteiger partial charge in [0.2, 0.25) is 5.89 Å². The van der Waals surface area contributed by atoms with Crippen LogP contribution in [0.1, 0.15) is 45.5 Å². The average Bonchev–Trinajstić information content (AvgIpc) is 3.05. The van der Waals surface area contributed by atoms with Gasteiger partial charge in [-0.15, -0.1) is 5.10 Å². The lowest BCUT2D eigenvalue weighted by molar-refractivity contribution is 0.0899. The highest BCUT2D eigenvalue weighted by Gasteiger charge is 2.26. The fraction of sp³-hybridized carbons (Fsp3) is 0.846. The number of nitrogens with zero attached hydrogens (tertiary/aromatic N) is 2. The van der Waals surface area contributed by atoms with E-state index in [4.69, 9.17) is 9.15 Å². The number of nitrogens with one attached hydrogen (secondary N) is 2. The van der Waals surface area contributed by atoms with Gasteiger partial charge >= 0.3 is 6.01 Å². The van der Waals surface area contributed by atoms with Gasteiger partial charge in [0.05, 0.1) is 12.1 Å². The number of anilines is 1. The summed E-state index contributed by atoms with van der Waals surface area (Å²) in [6.45, 7) is 8.79. The van der Waals surface area contributed by atoms with Crippen LogP contribution in [-0.4, -0.2) is 36.0 Å². The van der Waals surface area contributed by atoms with Gasteiger partial charge in [0, 0.05) is 19.1 Å². The van der Waals surface area contributed by atoms with Gasteiger partial charge in [0.15, 0.2) is 0 Å². The van der Waals surface area contributed by atoms with Gasteiger partial charge in [-0.2, -0.15) is 0 Å². The maximum absolute atomic E-state index is 5.66. The second-order valence-corrected chi connectivity index (χ2v) is 4.97. The molecule has 0 aromatic carbocycles. The van der Waals surface area contributed by atoms with Crippen molar-refractivity contribution in [3.05, 3.63) is 5.89 Å². The molecule has 1 aliphatic heterocycles. The Bertz CT molecular complexity index is 382. The summed E-state index contributed by atoms with van der Waals surface area (Å²) in [6, 6.07) is 0.591. The molecule has 0 aliphatic carbocycles. The zero-order chi connectivity index (χ0) is 13.7. The van der Waals surface area contributed by atoms with Gasteiger partial charge < -0.3 is 19.8 Å². The van der Waals surface area contributed by atoms with Crippen molar-refractivity contribution < 1.29 is 9.15 Å². The Balaban J connectivity index is 1.83. The van der Waals surface area contributed by atoms with Crippen molar-refractivity contribution in [3.63, 3.8) is 0 Å². The molecule has 3 unspecified atom stereocenters. The van der Waals surface area contributed by atoms with E-state index in [9.17, 15) is 0 Å². The van der Waals surface area contributed by atoms with Crippen LogP contribution in [0.4, 0.5) is 6.01 Å². The van der Waals surface area contributed by atoms with E-state index in [0.29, 0.717) is 23.9 Å². The molecule has 2 rings (SSSR count). The minimum absolute atomic E-state index is 0.0891. The van der Waals surface area contributed by atoms with E-state index in [1.165, 1.54) is 0 Å². The third-order valence-electron chi connectivity index (χ3n) is 3.59. The lowest BCUT2D eigenvalue weighted by Gasteiger charge is -2.16. The first-order chi connectivity index (χ1) is 9.24. The highest BCUT2D eigenvalue weighted by atomic mass is 16.5. The quantitative estimate of drug-likeness (QED) is 0.787. The van der Waals surface area contributed by atoms with Crippen molar-refractivity contribution in [2.75, 3.05) is 25.0 Å². The van der Waals surface area contributed by atoms with Crippen LogP contribution in [0.3, 0.4) is 0 Å². The molecule has 2 N–H and O–H groups in total. The van der Waals surface area contributed by atoms with E-state index in [-0.39, 0.29) is 6.04 Å². The van der Waals surface area contributed by atoms with E-state index in [2.05, 4.69) is 34.7 Å². The summed E-state index contributed by atoms with van der Waals surface area (Å²) in [5, 5.41) is 14.5. The molecule has 3 atom stereocenters. The Labute approximate surface area is 114 Å². The molecule has 0 amide bonds. The zero-order valence-electron chi connectivity index (χ0n) is 12.0. The minimum atomic E-state index is 0.0891. The Morgan fingerprint density at radius 2 is 2.21 bits per heavy atom. The van der Waals surface area contributed by atoms with Crippen LogP contribution in [-0.2, 0) is 4.74 Å². The van der Waals surface area contributed by atoms with E-state index < -0.39 is 0 Å². The Kier molecular flexibility index (Phi) is 5.15. The normalized spacial score (nSPS) is 24.6. The van der Waals surface area contributed by atoms with E-state index in [0.717, 1.165) is 32.5 Å². The lowest BCUT2D eigenvalue weighted by atomic mass is 10.00. The van der Waals surface area contributed by atoms with Gasteiger partial charge in [-0.05, 0) is 26.3 Å². The molecule has 1 aliphatic rings. The lowest BCUT2D eigenvalue weighted by Crippen LogP contribution is -2.22. The molecule has 1 fully saturated rings. The molecule has 0 radical (unpaired) electrons. The first-order valence-electron chi connectivity index (χ1n) is 7.16. The van der Waals surface area contributed by atoms with Crippen LogP contribution in [0, 0.1) is 5.92 Å². The molecular formula is C13H24N4O2. The number of ether oxygens (including phenoxy) is 1. The predicted octanol–water partition coefficient (Wildman–Crippen LogP) is 1.97. The van der Waals surface area contributed by atoms with Gasteiger partial charge in [-0.1, -0.05) is 18.9 Å². The van der Waals surface area contributed by atoms with Gasteiger partial charge in [-0.3, -0.25) is 0 Å². The maximum atomic E-state index is 5.66. The second kappa shape index (κ2) is 6.86. The summed E-state index contributed by atoms with van der Waals surface area (Å²) in [5.74, 6) is 1.16. The van der Waals surface area contributed by atoms with Gasteiger partial charge in [-0.25, -0.2) is 0 Å². The molecule has 6 nitrogen and oxygen atoms in total. The van der Waals surface area contributed by atoms with Crippen LogP contribution >= 0.6 is 0 Å². The smallest absolute Gasteiger partial charge is 0.315 e. The Morgan fingerprint density at radius 1 is 1.37 bits per heavy atom. The molecule has 1 aromatic heterocycles. The first kappa shape index (κ1) is 14.3. The van der Waals surface area contributed by atoms with Crippen LogP contribution < -0.4 is 10.6 Å². The van der Waals surface area contributed by atoms with Crippen LogP contribution in [0.2, 0.25) is 0 Å². The summed E-state index contributed by atoms with van der Waals surface area (Å²) < 4.78 is 11.3. The third kappa shape index (κ3) is 3.67. The molecule has 1 aromatic rings. The molecule has 1 saturated heterocycles. The molecular weight excluding hydrogens is 244 g/mol. The van der Waals surface area contributed by atoms with Crippen LogP contribution in [0.15, 0.2) is 4.42 Å². The number of hydrogen-bond donors (Lipinski definition) is 2. The van der Waals surface area contributed by atoms with Crippen molar-refractivity contribution in [2.24, 2.45) is 5.92 Å². The fourth-order valence-electron chi connectivity index (χ4n) is 2.47. The summed E-state index contributed by atoms with van der Waals surface area (Å²) in [7, 11) is 0. The number of aromatic nitrogens is 2. The van der Waals surface area contributed by atoms with Crippen molar-refractivity contribution in [2.45, 2.75) is 45.8 Å². The van der Waals surface area contributed by atoms with Crippen LogP contribution in [0.25, 0.3) is 0 Å². The van der Waals surface area contributed by atoms with Crippen LogP contribution in [0.5, 0.6) is 0 Å². The fourth-order valence-corrected chi connectivity index (χ4v) is 2.47. The molecule has 0 saturated carbocycles. The van der Waals surface area contributed by atoms with Crippen molar-refractivity contribution >= 4 is 6.01 Å². The molecule has 2 heterocycles. The van der Waals surface area contributed by atoms with E-state index in [1.807, 2.05) is 6.92 Å². The highest BCUT2D eigenvalue weighted by molar-refractivity contribution is 5.17. The van der Waals surface area contributed by atoms with Crippen molar-refractivity contribution in [1.82, 2.24) is 15.5 Å². The monoisotopic (exact) mass is 268 g/mol. The molecule has 0 bridgehead atoms. The summed E-state index contributed by atoms with van der Waals surface area (Å²) >= 11 is 0. The van der Waals surface area contributed by atoms with Gasteiger partial charge in [0.25, 0.3) is 0 Å². The highest BCUT2D eigenvalue weighted by Crippen LogP contribution is 2.24.